The molecule has 4 aliphatic rings. The highest BCUT2D eigenvalue weighted by Crippen LogP contribution is 2.47. The first kappa shape index (κ1) is 49.1. The first-order chi connectivity index (χ1) is 34.5. The quantitative estimate of drug-likeness (QED) is 0.0696. The molecule has 6 heterocycles. The molecule has 10 rings (SSSR count). The summed E-state index contributed by atoms with van der Waals surface area (Å²) in [5.74, 6) is -1.41. The van der Waals surface area contributed by atoms with Crippen LogP contribution in [-0.4, -0.2) is 110 Å². The highest BCUT2D eigenvalue weighted by atomic mass is 35.5. The van der Waals surface area contributed by atoms with Crippen molar-refractivity contribution in [1.29, 1.82) is 0 Å². The number of fused-ring (bicyclic) bond motifs is 1. The van der Waals surface area contributed by atoms with Crippen molar-refractivity contribution < 1.29 is 46.6 Å². The molecule has 6 aromatic rings. The molecule has 0 bridgehead atoms. The first-order valence-corrected chi connectivity index (χ1v) is 26.9. The number of ether oxygens (including phenoxy) is 3. The number of aromatic amines is 1. The molecule has 0 aliphatic carbocycles. The molecule has 4 aliphatic heterocycles. The topological polar surface area (TPSA) is 210 Å². The summed E-state index contributed by atoms with van der Waals surface area (Å²) in [4.78, 5) is 76.0. The molecule has 2 aromatic heterocycles. The van der Waals surface area contributed by atoms with E-state index in [1.165, 1.54) is 7.11 Å². The second-order valence-electron chi connectivity index (χ2n) is 19.3. The summed E-state index contributed by atoms with van der Waals surface area (Å²) < 4.78 is 45.6. The number of imide groups is 1. The summed E-state index contributed by atoms with van der Waals surface area (Å²) >= 11 is 7.87. The molecule has 3 amide bonds. The number of esters is 2. The number of methoxy groups -OCH3 is 1. The van der Waals surface area contributed by atoms with Crippen molar-refractivity contribution in [3.05, 3.63) is 99.4 Å². The van der Waals surface area contributed by atoms with Gasteiger partial charge in [-0.15, -0.1) is 11.3 Å². The summed E-state index contributed by atoms with van der Waals surface area (Å²) in [6.45, 7) is 7.12. The van der Waals surface area contributed by atoms with Crippen molar-refractivity contribution in [2.24, 2.45) is 0 Å². The number of rotatable bonds is 14. The molecule has 17 nitrogen and oxygen atoms in total. The average Bonchev–Trinajstić information content (AvgIpc) is 4.02. The van der Waals surface area contributed by atoms with E-state index in [1.807, 2.05) is 80.6 Å². The van der Waals surface area contributed by atoms with Crippen LogP contribution in [0, 0.1) is 0 Å². The number of amides is 3. The maximum atomic E-state index is 14.2. The van der Waals surface area contributed by atoms with Crippen LogP contribution in [0.3, 0.4) is 0 Å². The Morgan fingerprint density at radius 2 is 1.76 bits per heavy atom. The molecule has 2 unspecified atom stereocenters. The van der Waals surface area contributed by atoms with Gasteiger partial charge in [-0.3, -0.25) is 24.6 Å². The zero-order valence-electron chi connectivity index (χ0n) is 40.2. The lowest BCUT2D eigenvalue weighted by atomic mass is 9.85. The number of nitrogens with zero attached hydrogens (tertiary/aromatic N) is 4. The number of nitrogens with one attached hydrogen (secondary N) is 3. The maximum Gasteiger partial charge on any atom is 0.351 e. The Bertz CT molecular complexity index is 3290. The van der Waals surface area contributed by atoms with Crippen LogP contribution in [-0.2, 0) is 39.6 Å². The Morgan fingerprint density at radius 3 is 2.51 bits per heavy atom. The second kappa shape index (κ2) is 19.5. The van der Waals surface area contributed by atoms with Gasteiger partial charge >= 0.3 is 11.9 Å². The van der Waals surface area contributed by atoms with Gasteiger partial charge in [0.1, 0.15) is 11.1 Å². The molecule has 20 heteroatoms. The second-order valence-corrected chi connectivity index (χ2v) is 22.6. The van der Waals surface area contributed by atoms with Crippen LogP contribution in [0.1, 0.15) is 96.4 Å². The van der Waals surface area contributed by atoms with E-state index in [0.29, 0.717) is 46.6 Å². The van der Waals surface area contributed by atoms with Gasteiger partial charge in [0.2, 0.25) is 27.8 Å². The number of halogens is 1. The normalized spacial score (nSPS) is 19.5. The van der Waals surface area contributed by atoms with Gasteiger partial charge in [-0.2, -0.15) is 4.31 Å². The maximum absolute atomic E-state index is 14.2. The van der Waals surface area contributed by atoms with E-state index in [0.717, 1.165) is 76.3 Å². The summed E-state index contributed by atoms with van der Waals surface area (Å²) in [6, 6.07) is 22.1. The number of anilines is 3. The lowest BCUT2D eigenvalue weighted by Crippen LogP contribution is -2.55. The summed E-state index contributed by atoms with van der Waals surface area (Å²) in [5, 5.41) is 8.01. The van der Waals surface area contributed by atoms with Crippen LogP contribution in [0.15, 0.2) is 72.8 Å². The number of imidazole rings is 1. The largest absolute Gasteiger partial charge is 0.479 e. The average molecular weight is 1040 g/mol. The molecule has 2 atom stereocenters. The lowest BCUT2D eigenvalue weighted by Gasteiger charge is -2.45. The molecular weight excluding hydrogens is 982 g/mol. The highest BCUT2D eigenvalue weighted by molar-refractivity contribution is 7.88. The van der Waals surface area contributed by atoms with Gasteiger partial charge in [-0.1, -0.05) is 48.0 Å². The van der Waals surface area contributed by atoms with Crippen LogP contribution >= 0.6 is 22.9 Å². The van der Waals surface area contributed by atoms with Crippen LogP contribution < -0.4 is 25.2 Å². The van der Waals surface area contributed by atoms with Gasteiger partial charge < -0.3 is 29.4 Å². The minimum Gasteiger partial charge on any atom is -0.479 e. The zero-order valence-corrected chi connectivity index (χ0v) is 42.6. The van der Waals surface area contributed by atoms with E-state index in [2.05, 4.69) is 26.6 Å². The minimum absolute atomic E-state index is 0.0459. The molecule has 0 saturated carbocycles. The van der Waals surface area contributed by atoms with E-state index in [9.17, 15) is 32.4 Å². The third-order valence-electron chi connectivity index (χ3n) is 14.2. The van der Waals surface area contributed by atoms with Crippen molar-refractivity contribution in [2.75, 3.05) is 55.1 Å². The fourth-order valence-corrected chi connectivity index (χ4v) is 14.3. The Hall–Kier alpha value is -6.54. The van der Waals surface area contributed by atoms with Crippen LogP contribution in [0.25, 0.3) is 32.2 Å². The third kappa shape index (κ3) is 9.27. The molecule has 4 aromatic carbocycles. The highest BCUT2D eigenvalue weighted by Gasteiger charge is 2.43. The van der Waals surface area contributed by atoms with Gasteiger partial charge in [0, 0.05) is 54.3 Å². The molecule has 3 saturated heterocycles. The Morgan fingerprint density at radius 1 is 0.972 bits per heavy atom. The number of hydrogen-bond donors (Lipinski definition) is 3. The third-order valence-corrected chi connectivity index (χ3v) is 17.9. The zero-order chi connectivity index (χ0) is 50.6. The van der Waals surface area contributed by atoms with E-state index in [4.69, 9.17) is 30.8 Å². The van der Waals surface area contributed by atoms with Gasteiger partial charge in [0.25, 0.3) is 5.91 Å². The SMILES string of the molecule is CCOC(=O)COc1c(C(=O)OC)sc(-c2cccc(NC3CCN(S(=O)(=O)Cc4ccc5nc(N6CCC(c7ccc8c9c(cccc79)C(=O)N8C7CCC(=O)NC7=O)CC6)[nH]c5c4)C(C)(C)C3)c2)c1Cl. The fourth-order valence-electron chi connectivity index (χ4n) is 10.9. The Labute approximate surface area is 425 Å². The van der Waals surface area contributed by atoms with Crippen LogP contribution in [0.2, 0.25) is 5.02 Å². The van der Waals surface area contributed by atoms with Crippen molar-refractivity contribution in [3.63, 3.8) is 0 Å². The van der Waals surface area contributed by atoms with E-state index >= 15 is 0 Å². The predicted octanol–water partition coefficient (Wildman–Crippen LogP) is 8.16. The van der Waals surface area contributed by atoms with Gasteiger partial charge in [-0.05, 0) is 117 Å². The summed E-state index contributed by atoms with van der Waals surface area (Å²) in [6.07, 6.45) is 3.27. The molecule has 0 spiro atoms. The van der Waals surface area contributed by atoms with Gasteiger partial charge in [-0.25, -0.2) is 23.0 Å². The van der Waals surface area contributed by atoms with E-state index in [1.54, 1.807) is 16.1 Å². The first-order valence-electron chi connectivity index (χ1n) is 24.1. The number of hydrogen-bond acceptors (Lipinski definition) is 14. The molecule has 0 radical (unpaired) electrons. The Kier molecular flexibility index (Phi) is 13.3. The summed E-state index contributed by atoms with van der Waals surface area (Å²) in [5.41, 5.74) is 5.39. The van der Waals surface area contributed by atoms with Crippen molar-refractivity contribution in [2.45, 2.75) is 88.6 Å². The number of thiophene rings is 1. The molecule has 72 heavy (non-hydrogen) atoms. The number of piperidine rings is 3. The van der Waals surface area contributed by atoms with Crippen molar-refractivity contribution in [3.8, 4) is 16.2 Å². The monoisotopic (exact) mass is 1040 g/mol. The number of benzene rings is 4. The predicted molar refractivity (Wildman–Crippen MR) is 275 cm³/mol. The lowest BCUT2D eigenvalue weighted by molar-refractivity contribution is -0.145. The summed E-state index contributed by atoms with van der Waals surface area (Å²) in [7, 11) is -2.49. The number of aromatic nitrogens is 2. The number of sulfonamides is 1. The standard InChI is InChI=1S/C52H54ClN7O10S2/c1-5-69-42(62)27-70-45-44(53)46(71-47(45)50(65)68-4)31-8-6-9-32(25-31)54-33-20-23-59(52(2,3)26-33)72(66,67)28-29-12-14-37-38(24-29)56-51(55-37)58-21-18-30(19-22-58)34-13-15-39-43-35(34)10-7-11-36(43)49(64)60(39)40-16-17-41(61)57-48(40)63/h6-15,24-25,30,33,40,54H,5,16-23,26-28H2,1-4H3,(H,55,56)(H,57,61,63). The molecule has 3 fully saturated rings. The number of carbonyl (C=O) groups excluding carboxylic acids is 5. The van der Waals surface area contributed by atoms with Crippen molar-refractivity contribution in [1.82, 2.24) is 19.6 Å². The molecule has 376 valence electrons. The minimum atomic E-state index is -3.74. The number of carbonyl (C=O) groups is 5. The van der Waals surface area contributed by atoms with Crippen molar-refractivity contribution >= 4 is 102 Å². The van der Waals surface area contributed by atoms with E-state index < -0.39 is 46.1 Å². The molecular formula is C52H54ClN7O10S2. The van der Waals surface area contributed by atoms with Crippen LogP contribution in [0.4, 0.5) is 17.3 Å². The number of H-pyrrole nitrogens is 1. The fraction of sp³-hybridized carbons (Fsp3) is 0.385. The smallest absolute Gasteiger partial charge is 0.351 e. The van der Waals surface area contributed by atoms with Gasteiger partial charge in [0.05, 0.1) is 41.1 Å². The van der Waals surface area contributed by atoms with Gasteiger partial charge in [0.15, 0.2) is 17.2 Å². The van der Waals surface area contributed by atoms with E-state index in [-0.39, 0.29) is 64.6 Å². The van der Waals surface area contributed by atoms with Crippen LogP contribution in [0.5, 0.6) is 5.75 Å². The molecule has 3 N–H and O–H groups in total. The Balaban J connectivity index is 0.773.